The molecule has 11 aromatic rings. The first-order valence-electron chi connectivity index (χ1n) is 39.3. The first-order chi connectivity index (χ1) is 59.2. The number of aromatic amines is 2. The Morgan fingerprint density at radius 3 is 1.67 bits per heavy atom. The molecule has 0 spiro atoms. The Bertz CT molecular complexity index is 5830. The summed E-state index contributed by atoms with van der Waals surface area (Å²) in [5, 5.41) is 15.0. The number of nitrogens with zero attached hydrogens (tertiary/aromatic N) is 10. The van der Waals surface area contributed by atoms with Crippen LogP contribution in [0.2, 0.25) is 10.0 Å². The molecule has 2 amide bonds. The summed E-state index contributed by atoms with van der Waals surface area (Å²) in [4.78, 5) is 94.9. The van der Waals surface area contributed by atoms with Gasteiger partial charge in [-0.05, 0) is 112 Å². The molecule has 0 saturated carbocycles. The Hall–Kier alpha value is -10.4. The number of ether oxygens (including phenoxy) is 6. The number of halogens is 2. The van der Waals surface area contributed by atoms with Crippen LogP contribution in [0.15, 0.2) is 197 Å². The predicted molar refractivity (Wildman–Crippen MR) is 452 cm³/mol. The number of imidazole rings is 2. The molecule has 3 saturated heterocycles. The number of methoxy groups -OCH3 is 2. The molecular formula is C83H89Cl2N14O21P3. The van der Waals surface area contributed by atoms with Gasteiger partial charge >= 0.3 is 21.3 Å². The first-order valence-corrected chi connectivity index (χ1v) is 44.1. The van der Waals surface area contributed by atoms with E-state index in [9.17, 15) is 29.2 Å². The molecule has 123 heavy (non-hydrogen) atoms. The molecule has 3 unspecified atom stereocenters. The van der Waals surface area contributed by atoms with E-state index in [1.54, 1.807) is 111 Å². The maximum Gasteiger partial charge on any atom is 0.530 e. The van der Waals surface area contributed by atoms with Gasteiger partial charge in [0.2, 0.25) is 11.9 Å². The number of amides is 2. The van der Waals surface area contributed by atoms with E-state index >= 15 is 9.13 Å². The number of nitrogens with one attached hydrogen (secondary N) is 4. The number of benzene rings is 6. The lowest BCUT2D eigenvalue weighted by atomic mass is 9.80. The van der Waals surface area contributed by atoms with Crippen molar-refractivity contribution in [3.8, 4) is 29.1 Å². The number of para-hydroxylation sites is 2. The van der Waals surface area contributed by atoms with Gasteiger partial charge in [-0.3, -0.25) is 66.3 Å². The lowest BCUT2D eigenvalue weighted by Gasteiger charge is -2.37. The largest absolute Gasteiger partial charge is 0.530 e. The van der Waals surface area contributed by atoms with Crippen LogP contribution in [0, 0.1) is 24.2 Å². The third-order valence-corrected chi connectivity index (χ3v) is 26.0. The van der Waals surface area contributed by atoms with E-state index in [2.05, 4.69) is 46.6 Å². The second-order valence-corrected chi connectivity index (χ2v) is 35.0. The molecule has 5 aromatic heterocycles. The molecular weight excluding hydrogens is 1690 g/mol. The van der Waals surface area contributed by atoms with E-state index in [0.717, 1.165) is 0 Å². The molecule has 35 nitrogen and oxygen atoms in total. The number of hydrogen-bond acceptors (Lipinski definition) is 28. The van der Waals surface area contributed by atoms with Gasteiger partial charge in [0.05, 0.1) is 81.9 Å². The quantitative estimate of drug-likeness (QED) is 0.0160. The minimum Gasteiger partial charge on any atom is -0.497 e. The van der Waals surface area contributed by atoms with Gasteiger partial charge in [-0.2, -0.15) is 10.2 Å². The molecule has 3 fully saturated rings. The lowest BCUT2D eigenvalue weighted by molar-refractivity contribution is -0.119. The zero-order valence-corrected chi connectivity index (χ0v) is 72.2. The van der Waals surface area contributed by atoms with Crippen molar-refractivity contribution in [2.24, 2.45) is 5.92 Å². The Labute approximate surface area is 716 Å². The van der Waals surface area contributed by atoms with Crippen LogP contribution in [0.5, 0.6) is 23.0 Å². The number of fused-ring (bicyclic) bond motifs is 2. The van der Waals surface area contributed by atoms with E-state index in [1.807, 2.05) is 87.0 Å². The topological polar surface area (TPSA) is 411 Å². The van der Waals surface area contributed by atoms with E-state index in [-0.39, 0.29) is 112 Å². The highest BCUT2D eigenvalue weighted by Gasteiger charge is 2.52. The van der Waals surface area contributed by atoms with Crippen LogP contribution in [0.1, 0.15) is 119 Å². The van der Waals surface area contributed by atoms with E-state index < -0.39 is 133 Å². The molecule has 3 aliphatic heterocycles. The highest BCUT2D eigenvalue weighted by atomic mass is 35.5. The fraction of sp³-hybridized carbons (Fsp3) is 0.361. The number of H-pyrrole nitrogens is 2. The molecule has 14 rings (SSSR count). The van der Waals surface area contributed by atoms with Crippen molar-refractivity contribution in [2.75, 3.05) is 51.3 Å². The highest BCUT2D eigenvalue weighted by Crippen LogP contribution is 2.59. The zero-order chi connectivity index (χ0) is 86.9. The normalized spacial score (nSPS) is 20.4. The smallest absolute Gasteiger partial charge is 0.497 e. The first kappa shape index (κ1) is 88.9. The third-order valence-electron chi connectivity index (χ3n) is 20.4. The van der Waals surface area contributed by atoms with E-state index in [4.69, 9.17) is 92.8 Å². The van der Waals surface area contributed by atoms with Gasteiger partial charge < -0.3 is 51.8 Å². The van der Waals surface area contributed by atoms with Gasteiger partial charge in [0.1, 0.15) is 84.1 Å². The monoisotopic (exact) mass is 1780 g/mol. The fourth-order valence-corrected chi connectivity index (χ4v) is 19.5. The third kappa shape index (κ3) is 20.3. The second-order valence-electron chi connectivity index (χ2n) is 29.6. The van der Waals surface area contributed by atoms with Crippen LogP contribution in [-0.4, -0.2) is 154 Å². The minimum atomic E-state index is -5.33. The van der Waals surface area contributed by atoms with Crippen LogP contribution in [0.3, 0.4) is 0 Å². The number of carbonyl (C=O) groups is 2. The van der Waals surface area contributed by atoms with E-state index in [0.29, 0.717) is 33.8 Å². The Balaban J connectivity index is 0.856. The molecule has 0 radical (unpaired) electrons. The molecule has 8 heterocycles. The van der Waals surface area contributed by atoms with Crippen molar-refractivity contribution in [3.05, 3.63) is 252 Å². The van der Waals surface area contributed by atoms with Crippen molar-refractivity contribution in [1.82, 2.24) is 53.3 Å². The van der Waals surface area contributed by atoms with Crippen LogP contribution in [0.25, 0.3) is 22.3 Å². The maximum atomic E-state index is 16.8. The number of rotatable bonds is 37. The molecule has 0 bridgehead atoms. The molecule has 0 aliphatic carbocycles. The number of aryl methyl sites for hydroxylation is 1. The number of phosphoric acid groups is 2. The van der Waals surface area contributed by atoms with Gasteiger partial charge in [0.25, 0.3) is 25.6 Å². The fourth-order valence-electron chi connectivity index (χ4n) is 14.4. The molecule has 40 heteroatoms. The Morgan fingerprint density at radius 1 is 0.618 bits per heavy atom. The number of nitriles is 1. The van der Waals surface area contributed by atoms with Crippen molar-refractivity contribution >= 4 is 93.3 Å². The minimum absolute atomic E-state index is 0.0129. The Morgan fingerprint density at radius 2 is 1.12 bits per heavy atom. The summed E-state index contributed by atoms with van der Waals surface area (Å²) in [6.07, 6.45) is -7.05. The number of carbonyl (C=O) groups excluding carboxylic acids is 2. The molecule has 3 aliphatic rings. The van der Waals surface area contributed by atoms with Gasteiger partial charge in [-0.1, -0.05) is 134 Å². The molecule has 12 atom stereocenters. The van der Waals surface area contributed by atoms with Crippen molar-refractivity contribution in [2.45, 2.75) is 147 Å². The molecule has 4 N–H and O–H groups in total. The van der Waals surface area contributed by atoms with Crippen LogP contribution in [0.4, 0.5) is 11.8 Å². The van der Waals surface area contributed by atoms with Crippen molar-refractivity contribution < 1.29 is 83.3 Å². The van der Waals surface area contributed by atoms with Gasteiger partial charge in [-0.15, -0.1) is 0 Å². The number of anilines is 2. The maximum absolute atomic E-state index is 16.8. The average molecular weight is 1780 g/mol. The van der Waals surface area contributed by atoms with E-state index in [1.165, 1.54) is 65.5 Å². The zero-order valence-electron chi connectivity index (χ0n) is 68.0. The predicted octanol–water partition coefficient (Wildman–Crippen LogP) is 14.7. The van der Waals surface area contributed by atoms with Crippen LogP contribution in [-0.2, 0) is 65.6 Å². The SMILES string of the molecule is COc1ccc(C(OC[C@H]2O[C@@H](n3cnc4c(NC(=O)c5ccccc5)ncnc43)C[C@@H]2OP(=O)(OC[C@H]2O[C@@H](n3cnc4c(=O)[nH]c(NC(=O)C(C)C)nc43)C[C@@H]2OP(=O)(OC[C@H]2O[C@@H](n3cc(C)c(=O)[nH]c3=O)C[C@@H]2OP(OCCC#N)N(C(C)C)C(C)C)Oc2ccccc2Cl)Oc2ccccc2Cl)(c2ccccc2)c2ccc(OC)cc2)cc1. The van der Waals surface area contributed by atoms with Crippen LogP contribution < -0.4 is 46.0 Å². The second kappa shape index (κ2) is 39.2. The Kier molecular flexibility index (Phi) is 28.3. The highest BCUT2D eigenvalue weighted by molar-refractivity contribution is 7.49. The van der Waals surface area contributed by atoms with Crippen molar-refractivity contribution in [3.63, 3.8) is 0 Å². The summed E-state index contributed by atoms with van der Waals surface area (Å²) >= 11 is 13.8. The molecule has 646 valence electrons. The summed E-state index contributed by atoms with van der Waals surface area (Å²) < 4.78 is 132. The van der Waals surface area contributed by atoms with Gasteiger partial charge in [0.15, 0.2) is 28.1 Å². The average Bonchev–Trinajstić information content (AvgIpc) is 1.08. The number of aromatic nitrogens is 10. The summed E-state index contributed by atoms with van der Waals surface area (Å²) in [6.45, 7) is 10.6. The summed E-state index contributed by atoms with van der Waals surface area (Å²) in [5.41, 5.74) is -1.07. The summed E-state index contributed by atoms with van der Waals surface area (Å²) in [7, 11) is -9.54. The van der Waals surface area contributed by atoms with Crippen LogP contribution >= 0.6 is 47.4 Å². The number of hydrogen-bond donors (Lipinski definition) is 4. The van der Waals surface area contributed by atoms with Gasteiger partial charge in [0, 0.05) is 54.6 Å². The standard InChI is InChI=1S/C83H89Cl2N14O21P3/c1-49(2)77(100)93-81-92-76-73(80(103)94-81)90-48-98(76)71-41-65(120-122(105,117-61-27-18-16-25-59(61)84)111-44-67-63(39-69(114-67)96-42-52(7)78(101)95-82(96)104)116-121(110-38-20-37-86)99(50(3)4)51(5)6)68(115-71)45-112-123(106,118-62-28-19-17-26-60(62)85)119-64-40-70(97-47-89-72-74(87-46-88-75(72)97)91-79(102)53-21-12-10-13-22-53)113-66(64)43-109-83(54-23-14-11-15-24-54,55-29-33-57(107-8)34-30-55)56-31-35-58(108-9)36-32-56/h10-19,21-36,42,46-51,63-71H,20,38-41,43-45H2,1-9H3,(H,95,101,104)(H,87,88,91,102)(H2,92,93,94,100,103)/t63-,64-,65-,66+,67+,68+,69+,70+,71+,121?,122?,123?/m0/s1. The summed E-state index contributed by atoms with van der Waals surface area (Å²) in [6, 6.07) is 46.6. The lowest BCUT2D eigenvalue weighted by Crippen LogP contribution is -2.38. The summed E-state index contributed by atoms with van der Waals surface area (Å²) in [5.74, 6) is -0.901. The van der Waals surface area contributed by atoms with Gasteiger partial charge in [-0.25, -0.2) is 38.5 Å². The number of phosphoric ester groups is 2. The molecule has 6 aromatic carbocycles. The van der Waals surface area contributed by atoms with Crippen molar-refractivity contribution in [1.29, 1.82) is 5.26 Å².